The van der Waals surface area contributed by atoms with Crippen LogP contribution >= 0.6 is 0 Å². The third kappa shape index (κ3) is 3.06. The number of benzene rings is 2. The summed E-state index contributed by atoms with van der Waals surface area (Å²) in [6.45, 7) is 4.17. The van der Waals surface area contributed by atoms with Crippen LogP contribution in [0.25, 0.3) is 0 Å². The van der Waals surface area contributed by atoms with Crippen molar-refractivity contribution in [2.24, 2.45) is 0 Å². The van der Waals surface area contributed by atoms with Crippen molar-refractivity contribution in [3.05, 3.63) is 53.6 Å². The molecule has 2 rings (SSSR count). The number of hydrogen-bond acceptors (Lipinski definition) is 3. The summed E-state index contributed by atoms with van der Waals surface area (Å²) >= 11 is 0. The molecule has 0 aliphatic rings. The highest BCUT2D eigenvalue weighted by atomic mass is 16.5. The van der Waals surface area contributed by atoms with E-state index in [-0.39, 0.29) is 6.61 Å². The standard InChI is InChI=1S/C16H19NO2/c1-11(2)14-5-3-4-6-16(14)19-13-7-8-15(17)12(9-13)10-18/h3-9,11,18H,10,17H2,1-2H3. The van der Waals surface area contributed by atoms with Crippen LogP contribution in [0.3, 0.4) is 0 Å². The summed E-state index contributed by atoms with van der Waals surface area (Å²) < 4.78 is 5.90. The van der Waals surface area contributed by atoms with Crippen LogP contribution in [-0.2, 0) is 6.61 Å². The average molecular weight is 257 g/mol. The lowest BCUT2D eigenvalue weighted by Crippen LogP contribution is -1.97. The normalized spacial score (nSPS) is 10.7. The summed E-state index contributed by atoms with van der Waals surface area (Å²) in [5.74, 6) is 1.92. The van der Waals surface area contributed by atoms with E-state index in [0.29, 0.717) is 22.9 Å². The van der Waals surface area contributed by atoms with E-state index in [0.717, 1.165) is 11.3 Å². The minimum atomic E-state index is -0.0884. The molecule has 0 bridgehead atoms. The van der Waals surface area contributed by atoms with Gasteiger partial charge in [-0.05, 0) is 35.7 Å². The summed E-state index contributed by atoms with van der Waals surface area (Å²) in [6, 6.07) is 13.3. The Hall–Kier alpha value is -2.00. The second-order valence-electron chi connectivity index (χ2n) is 4.81. The Morgan fingerprint density at radius 2 is 1.89 bits per heavy atom. The molecule has 0 amide bonds. The zero-order chi connectivity index (χ0) is 13.8. The van der Waals surface area contributed by atoms with Crippen LogP contribution in [0.4, 0.5) is 5.69 Å². The number of rotatable bonds is 4. The summed E-state index contributed by atoms with van der Waals surface area (Å²) in [4.78, 5) is 0. The number of nitrogen functional groups attached to an aromatic ring is 1. The van der Waals surface area contributed by atoms with E-state index in [2.05, 4.69) is 19.9 Å². The molecule has 0 unspecified atom stereocenters. The summed E-state index contributed by atoms with van der Waals surface area (Å²) in [5, 5.41) is 9.22. The van der Waals surface area contributed by atoms with Gasteiger partial charge in [-0.25, -0.2) is 0 Å². The SMILES string of the molecule is CC(C)c1ccccc1Oc1ccc(N)c(CO)c1. The van der Waals surface area contributed by atoms with Crippen molar-refractivity contribution < 1.29 is 9.84 Å². The van der Waals surface area contributed by atoms with E-state index in [1.54, 1.807) is 12.1 Å². The van der Waals surface area contributed by atoms with Gasteiger partial charge in [0.25, 0.3) is 0 Å². The molecule has 0 spiro atoms. The van der Waals surface area contributed by atoms with E-state index in [1.807, 2.05) is 24.3 Å². The number of aliphatic hydroxyl groups is 1. The van der Waals surface area contributed by atoms with Gasteiger partial charge in [-0.2, -0.15) is 0 Å². The fourth-order valence-electron chi connectivity index (χ4n) is 1.96. The van der Waals surface area contributed by atoms with Gasteiger partial charge in [0.1, 0.15) is 11.5 Å². The molecule has 3 nitrogen and oxygen atoms in total. The molecule has 3 heteroatoms. The molecular formula is C16H19NO2. The van der Waals surface area contributed by atoms with Crippen LogP contribution < -0.4 is 10.5 Å². The Balaban J connectivity index is 2.31. The van der Waals surface area contributed by atoms with Crippen LogP contribution in [0.1, 0.15) is 30.9 Å². The highest BCUT2D eigenvalue weighted by molar-refractivity contribution is 5.51. The number of anilines is 1. The zero-order valence-electron chi connectivity index (χ0n) is 11.3. The predicted molar refractivity (Wildman–Crippen MR) is 77.4 cm³/mol. The molecule has 2 aromatic carbocycles. The summed E-state index contributed by atoms with van der Waals surface area (Å²) in [5.41, 5.74) is 8.17. The van der Waals surface area contributed by atoms with Gasteiger partial charge in [-0.3, -0.25) is 0 Å². The van der Waals surface area contributed by atoms with Crippen molar-refractivity contribution in [3.8, 4) is 11.5 Å². The Kier molecular flexibility index (Phi) is 4.07. The maximum absolute atomic E-state index is 9.22. The molecule has 19 heavy (non-hydrogen) atoms. The third-order valence-corrected chi connectivity index (χ3v) is 3.05. The van der Waals surface area contributed by atoms with E-state index in [4.69, 9.17) is 10.5 Å². The molecule has 3 N–H and O–H groups in total. The average Bonchev–Trinajstić information content (AvgIpc) is 2.41. The van der Waals surface area contributed by atoms with Crippen molar-refractivity contribution in [2.75, 3.05) is 5.73 Å². The van der Waals surface area contributed by atoms with Gasteiger partial charge in [-0.1, -0.05) is 32.0 Å². The Bertz CT molecular complexity index is 564. The van der Waals surface area contributed by atoms with Crippen molar-refractivity contribution >= 4 is 5.69 Å². The van der Waals surface area contributed by atoms with Crippen LogP contribution in [0, 0.1) is 0 Å². The van der Waals surface area contributed by atoms with Crippen molar-refractivity contribution in [1.29, 1.82) is 0 Å². The first-order valence-corrected chi connectivity index (χ1v) is 6.38. The van der Waals surface area contributed by atoms with Crippen LogP contribution in [0.15, 0.2) is 42.5 Å². The first kappa shape index (κ1) is 13.4. The van der Waals surface area contributed by atoms with Gasteiger partial charge in [0.15, 0.2) is 0 Å². The van der Waals surface area contributed by atoms with Gasteiger partial charge < -0.3 is 15.6 Å². The topological polar surface area (TPSA) is 55.5 Å². The highest BCUT2D eigenvalue weighted by Gasteiger charge is 2.08. The number of ether oxygens (including phenoxy) is 1. The number of aliphatic hydroxyl groups excluding tert-OH is 1. The van der Waals surface area contributed by atoms with Crippen LogP contribution in [-0.4, -0.2) is 5.11 Å². The Labute approximate surface area is 113 Å². The van der Waals surface area contributed by atoms with E-state index < -0.39 is 0 Å². The first-order valence-electron chi connectivity index (χ1n) is 6.38. The molecule has 0 saturated carbocycles. The van der Waals surface area contributed by atoms with Crippen molar-refractivity contribution in [2.45, 2.75) is 26.4 Å². The minimum absolute atomic E-state index is 0.0884. The molecular weight excluding hydrogens is 238 g/mol. The molecule has 0 saturated heterocycles. The van der Waals surface area contributed by atoms with E-state index in [1.165, 1.54) is 0 Å². The molecule has 0 heterocycles. The molecule has 0 radical (unpaired) electrons. The lowest BCUT2D eigenvalue weighted by Gasteiger charge is -2.14. The summed E-state index contributed by atoms with van der Waals surface area (Å²) in [6.07, 6.45) is 0. The lowest BCUT2D eigenvalue weighted by molar-refractivity contribution is 0.282. The summed E-state index contributed by atoms with van der Waals surface area (Å²) in [7, 11) is 0. The molecule has 100 valence electrons. The minimum Gasteiger partial charge on any atom is -0.457 e. The molecule has 0 fully saturated rings. The Morgan fingerprint density at radius 1 is 1.16 bits per heavy atom. The number of nitrogens with two attached hydrogens (primary N) is 1. The molecule has 0 aliphatic heterocycles. The quantitative estimate of drug-likeness (QED) is 0.821. The molecule has 0 aromatic heterocycles. The smallest absolute Gasteiger partial charge is 0.130 e. The zero-order valence-corrected chi connectivity index (χ0v) is 11.3. The lowest BCUT2D eigenvalue weighted by atomic mass is 10.0. The Morgan fingerprint density at radius 3 is 2.58 bits per heavy atom. The van der Waals surface area contributed by atoms with Crippen LogP contribution in [0.5, 0.6) is 11.5 Å². The predicted octanol–water partition coefficient (Wildman–Crippen LogP) is 3.68. The maximum Gasteiger partial charge on any atom is 0.130 e. The fraction of sp³-hybridized carbons (Fsp3) is 0.250. The first-order chi connectivity index (χ1) is 9.11. The number of para-hydroxylation sites is 1. The molecule has 0 aliphatic carbocycles. The molecule has 2 aromatic rings. The molecule has 0 atom stereocenters. The van der Waals surface area contributed by atoms with Gasteiger partial charge in [-0.15, -0.1) is 0 Å². The van der Waals surface area contributed by atoms with Gasteiger partial charge in [0.05, 0.1) is 6.61 Å². The van der Waals surface area contributed by atoms with Crippen LogP contribution in [0.2, 0.25) is 0 Å². The van der Waals surface area contributed by atoms with Gasteiger partial charge in [0.2, 0.25) is 0 Å². The monoisotopic (exact) mass is 257 g/mol. The third-order valence-electron chi connectivity index (χ3n) is 3.05. The van der Waals surface area contributed by atoms with Crippen molar-refractivity contribution in [1.82, 2.24) is 0 Å². The largest absolute Gasteiger partial charge is 0.457 e. The van der Waals surface area contributed by atoms with Gasteiger partial charge in [0, 0.05) is 11.3 Å². The van der Waals surface area contributed by atoms with E-state index >= 15 is 0 Å². The maximum atomic E-state index is 9.22. The van der Waals surface area contributed by atoms with E-state index in [9.17, 15) is 5.11 Å². The second-order valence-corrected chi connectivity index (χ2v) is 4.81. The highest BCUT2D eigenvalue weighted by Crippen LogP contribution is 2.31. The van der Waals surface area contributed by atoms with Crippen molar-refractivity contribution in [3.63, 3.8) is 0 Å². The number of hydrogen-bond donors (Lipinski definition) is 2. The second kappa shape index (κ2) is 5.76. The fourth-order valence-corrected chi connectivity index (χ4v) is 1.96. The van der Waals surface area contributed by atoms with Gasteiger partial charge >= 0.3 is 0 Å².